The highest BCUT2D eigenvalue weighted by molar-refractivity contribution is 5.90. The van der Waals surface area contributed by atoms with E-state index in [1.807, 2.05) is 32.0 Å². The van der Waals surface area contributed by atoms with E-state index in [2.05, 4.69) is 16.0 Å². The molecule has 1 saturated heterocycles. The van der Waals surface area contributed by atoms with Crippen molar-refractivity contribution in [2.45, 2.75) is 25.9 Å². The first kappa shape index (κ1) is 14.2. The maximum absolute atomic E-state index is 12.1. The Morgan fingerprint density at radius 1 is 1.50 bits per heavy atom. The predicted octanol–water partition coefficient (Wildman–Crippen LogP) is 0.862. The summed E-state index contributed by atoms with van der Waals surface area (Å²) in [6.07, 6.45) is 0. The third-order valence-corrected chi connectivity index (χ3v) is 3.30. The first-order valence-corrected chi connectivity index (χ1v) is 6.50. The van der Waals surface area contributed by atoms with Gasteiger partial charge < -0.3 is 20.7 Å². The maximum Gasteiger partial charge on any atom is 0.315 e. The van der Waals surface area contributed by atoms with Gasteiger partial charge in [-0.05, 0) is 19.9 Å². The van der Waals surface area contributed by atoms with Crippen LogP contribution in [0.3, 0.4) is 0 Å². The van der Waals surface area contributed by atoms with Gasteiger partial charge in [-0.3, -0.25) is 4.79 Å². The van der Waals surface area contributed by atoms with Gasteiger partial charge in [0.05, 0.1) is 13.2 Å². The van der Waals surface area contributed by atoms with Crippen molar-refractivity contribution in [3.8, 4) is 5.75 Å². The number of amides is 3. The average Bonchev–Trinajstić information content (AvgIpc) is 2.85. The summed E-state index contributed by atoms with van der Waals surface area (Å²) in [7, 11) is 1.60. The molecule has 108 valence electrons. The Labute approximate surface area is 117 Å². The van der Waals surface area contributed by atoms with Gasteiger partial charge in [0.1, 0.15) is 11.8 Å². The number of carbonyl (C=O) groups excluding carboxylic acids is 2. The van der Waals surface area contributed by atoms with E-state index in [0.717, 1.165) is 16.9 Å². The first-order chi connectivity index (χ1) is 9.51. The van der Waals surface area contributed by atoms with Crippen molar-refractivity contribution in [2.75, 3.05) is 13.7 Å². The zero-order valence-electron chi connectivity index (χ0n) is 11.8. The zero-order valence-corrected chi connectivity index (χ0v) is 11.8. The van der Waals surface area contributed by atoms with Crippen molar-refractivity contribution in [1.29, 1.82) is 0 Å². The Morgan fingerprint density at radius 2 is 2.25 bits per heavy atom. The van der Waals surface area contributed by atoms with E-state index < -0.39 is 6.04 Å². The lowest BCUT2D eigenvalue weighted by atomic mass is 10.0. The molecule has 1 aromatic carbocycles. The Morgan fingerprint density at radius 3 is 2.85 bits per heavy atom. The highest BCUT2D eigenvalue weighted by atomic mass is 16.5. The van der Waals surface area contributed by atoms with Crippen LogP contribution >= 0.6 is 0 Å². The van der Waals surface area contributed by atoms with Crippen LogP contribution in [-0.2, 0) is 4.79 Å². The van der Waals surface area contributed by atoms with Crippen molar-refractivity contribution >= 4 is 11.9 Å². The fourth-order valence-corrected chi connectivity index (χ4v) is 2.20. The summed E-state index contributed by atoms with van der Waals surface area (Å²) in [4.78, 5) is 23.1. The normalized spacial score (nSPS) is 18.9. The van der Waals surface area contributed by atoms with Gasteiger partial charge in [-0.25, -0.2) is 4.79 Å². The van der Waals surface area contributed by atoms with Crippen LogP contribution in [0.15, 0.2) is 18.2 Å². The van der Waals surface area contributed by atoms with Gasteiger partial charge in [-0.1, -0.05) is 17.7 Å². The highest BCUT2D eigenvalue weighted by Crippen LogP contribution is 2.26. The third-order valence-electron chi connectivity index (χ3n) is 3.30. The molecular formula is C14H19N3O3. The van der Waals surface area contributed by atoms with Crippen molar-refractivity contribution < 1.29 is 14.3 Å². The average molecular weight is 277 g/mol. The van der Waals surface area contributed by atoms with E-state index in [-0.39, 0.29) is 18.0 Å². The van der Waals surface area contributed by atoms with E-state index in [9.17, 15) is 9.59 Å². The number of carbonyl (C=O) groups is 2. The number of benzene rings is 1. The van der Waals surface area contributed by atoms with Crippen molar-refractivity contribution in [3.05, 3.63) is 29.3 Å². The number of aryl methyl sites for hydroxylation is 1. The molecule has 20 heavy (non-hydrogen) atoms. The van der Waals surface area contributed by atoms with Crippen LogP contribution in [0.25, 0.3) is 0 Å². The molecule has 3 amide bonds. The highest BCUT2D eigenvalue weighted by Gasteiger charge is 2.28. The summed E-state index contributed by atoms with van der Waals surface area (Å²) >= 11 is 0. The number of methoxy groups -OCH3 is 1. The molecule has 0 unspecified atom stereocenters. The van der Waals surface area contributed by atoms with Crippen molar-refractivity contribution in [1.82, 2.24) is 16.0 Å². The van der Waals surface area contributed by atoms with Crippen LogP contribution in [0.1, 0.15) is 24.1 Å². The molecule has 6 heteroatoms. The molecule has 1 heterocycles. The molecule has 3 N–H and O–H groups in total. The quantitative estimate of drug-likeness (QED) is 0.763. The van der Waals surface area contributed by atoms with E-state index in [4.69, 9.17) is 4.74 Å². The minimum atomic E-state index is -0.527. The van der Waals surface area contributed by atoms with Crippen molar-refractivity contribution in [3.63, 3.8) is 0 Å². The van der Waals surface area contributed by atoms with Crippen LogP contribution in [0.2, 0.25) is 0 Å². The number of hydrogen-bond acceptors (Lipinski definition) is 3. The number of urea groups is 1. The van der Waals surface area contributed by atoms with Gasteiger partial charge in [0, 0.05) is 12.1 Å². The molecule has 1 fully saturated rings. The Balaban J connectivity index is 2.08. The number of ether oxygens (including phenoxy) is 1. The van der Waals surface area contributed by atoms with Crippen molar-refractivity contribution in [2.24, 2.45) is 0 Å². The second-order valence-electron chi connectivity index (χ2n) is 4.88. The second-order valence-corrected chi connectivity index (χ2v) is 4.88. The Hall–Kier alpha value is -2.24. The van der Waals surface area contributed by atoms with Gasteiger partial charge in [0.25, 0.3) is 0 Å². The third kappa shape index (κ3) is 3.01. The zero-order chi connectivity index (χ0) is 14.7. The summed E-state index contributed by atoms with van der Waals surface area (Å²) < 4.78 is 5.31. The van der Waals surface area contributed by atoms with Crippen LogP contribution in [0, 0.1) is 6.92 Å². The van der Waals surface area contributed by atoms with Gasteiger partial charge in [0.2, 0.25) is 5.91 Å². The fourth-order valence-electron chi connectivity index (χ4n) is 2.20. The predicted molar refractivity (Wildman–Crippen MR) is 74.6 cm³/mol. The largest absolute Gasteiger partial charge is 0.496 e. The van der Waals surface area contributed by atoms with E-state index in [0.29, 0.717) is 6.54 Å². The molecule has 6 nitrogen and oxygen atoms in total. The smallest absolute Gasteiger partial charge is 0.315 e. The molecular weight excluding hydrogens is 258 g/mol. The number of nitrogens with one attached hydrogen (secondary N) is 3. The maximum atomic E-state index is 12.1. The molecule has 0 saturated carbocycles. The van der Waals surface area contributed by atoms with Crippen LogP contribution in [0.5, 0.6) is 5.75 Å². The Kier molecular flexibility index (Phi) is 4.12. The lowest BCUT2D eigenvalue weighted by Gasteiger charge is -2.19. The Bertz CT molecular complexity index is 530. The summed E-state index contributed by atoms with van der Waals surface area (Å²) in [5.74, 6) is 0.524. The lowest BCUT2D eigenvalue weighted by Crippen LogP contribution is -2.43. The molecule has 0 aromatic heterocycles. The summed E-state index contributed by atoms with van der Waals surface area (Å²) in [6.45, 7) is 4.18. The summed E-state index contributed by atoms with van der Waals surface area (Å²) in [6, 6.07) is 4.78. The van der Waals surface area contributed by atoms with E-state index in [1.165, 1.54) is 0 Å². The van der Waals surface area contributed by atoms with Crippen LogP contribution in [0.4, 0.5) is 4.79 Å². The van der Waals surface area contributed by atoms with Crippen LogP contribution in [-0.4, -0.2) is 31.6 Å². The lowest BCUT2D eigenvalue weighted by molar-refractivity contribution is -0.123. The molecule has 1 aliphatic rings. The minimum Gasteiger partial charge on any atom is -0.496 e. The topological polar surface area (TPSA) is 79.5 Å². The standard InChI is InChI=1S/C14H19N3O3/c1-8-4-5-12(20-3)10(6-8)9(2)16-13(18)11-7-15-14(19)17-11/h4-6,9,11H,7H2,1-3H3,(H,16,18)(H2,15,17,19)/t9-,11+/m1/s1. The fraction of sp³-hybridized carbons (Fsp3) is 0.429. The molecule has 0 aliphatic carbocycles. The molecule has 2 atom stereocenters. The SMILES string of the molecule is COc1ccc(C)cc1[C@@H](C)NC(=O)[C@@H]1CNC(=O)N1. The first-order valence-electron chi connectivity index (χ1n) is 6.50. The molecule has 2 rings (SSSR count). The van der Waals surface area contributed by atoms with Gasteiger partial charge in [0.15, 0.2) is 0 Å². The molecule has 1 aliphatic heterocycles. The number of rotatable bonds is 4. The van der Waals surface area contributed by atoms with Gasteiger partial charge in [-0.2, -0.15) is 0 Å². The summed E-state index contributed by atoms with van der Waals surface area (Å²) in [5, 5.41) is 8.00. The van der Waals surface area contributed by atoms with Crippen LogP contribution < -0.4 is 20.7 Å². The molecule has 1 aromatic rings. The monoisotopic (exact) mass is 277 g/mol. The molecule has 0 spiro atoms. The minimum absolute atomic E-state index is 0.199. The second kappa shape index (κ2) is 5.81. The van der Waals surface area contributed by atoms with E-state index >= 15 is 0 Å². The van der Waals surface area contributed by atoms with Gasteiger partial charge in [-0.15, -0.1) is 0 Å². The van der Waals surface area contributed by atoms with Gasteiger partial charge >= 0.3 is 6.03 Å². The summed E-state index contributed by atoms with van der Waals surface area (Å²) in [5.41, 5.74) is 2.01. The van der Waals surface area contributed by atoms with E-state index in [1.54, 1.807) is 7.11 Å². The number of hydrogen-bond donors (Lipinski definition) is 3. The molecule has 0 radical (unpaired) electrons. The molecule has 0 bridgehead atoms.